The van der Waals surface area contributed by atoms with Crippen LogP contribution >= 0.6 is 0 Å². The van der Waals surface area contributed by atoms with Crippen molar-refractivity contribution in [1.29, 1.82) is 0 Å². The van der Waals surface area contributed by atoms with Crippen LogP contribution in [-0.4, -0.2) is 48.2 Å². The van der Waals surface area contributed by atoms with Crippen molar-refractivity contribution < 1.29 is 28.9 Å². The first kappa shape index (κ1) is 17.9. The molecule has 0 aromatic heterocycles. The molecule has 0 unspecified atom stereocenters. The fraction of sp³-hybridized carbons (Fsp3) is 0.625. The zero-order chi connectivity index (χ0) is 17.9. The molecule has 1 aromatic carbocycles. The molecule has 1 N–H and O–H groups in total. The van der Waals surface area contributed by atoms with Gasteiger partial charge in [-0.15, -0.1) is 0 Å². The molecule has 2 saturated heterocycles. The lowest BCUT2D eigenvalue weighted by Crippen LogP contribution is -2.58. The van der Waals surface area contributed by atoms with Gasteiger partial charge in [0.15, 0.2) is 18.2 Å². The highest BCUT2D eigenvalue weighted by atomic mass is 16.8. The van der Waals surface area contributed by atoms with Gasteiger partial charge in [0.2, 0.25) is 0 Å². The van der Waals surface area contributed by atoms with Crippen LogP contribution in [0.25, 0.3) is 10.4 Å². The minimum absolute atomic E-state index is 0.318. The summed E-state index contributed by atoms with van der Waals surface area (Å²) in [5.74, 6) is -0.880. The van der Waals surface area contributed by atoms with E-state index in [1.165, 1.54) is 0 Å². The van der Waals surface area contributed by atoms with Gasteiger partial charge in [0.1, 0.15) is 23.6 Å². The molecule has 0 spiro atoms. The first-order valence-corrected chi connectivity index (χ1v) is 8.02. The van der Waals surface area contributed by atoms with E-state index in [1.54, 1.807) is 13.8 Å². The number of azide groups is 1. The van der Waals surface area contributed by atoms with Crippen LogP contribution < -0.4 is 0 Å². The Morgan fingerprint density at radius 1 is 1.24 bits per heavy atom. The van der Waals surface area contributed by atoms with E-state index in [2.05, 4.69) is 10.2 Å². The van der Waals surface area contributed by atoms with E-state index in [-0.39, 0.29) is 6.61 Å². The van der Waals surface area contributed by atoms with Crippen molar-refractivity contribution in [3.8, 4) is 0 Å². The zero-order valence-corrected chi connectivity index (χ0v) is 14.0. The molecule has 5 atom stereocenters. The lowest BCUT2D eigenvalue weighted by Gasteiger charge is -2.40. The Labute approximate surface area is 145 Å². The number of benzene rings is 1. The summed E-state index contributed by atoms with van der Waals surface area (Å²) >= 11 is 0. The van der Waals surface area contributed by atoms with Crippen molar-refractivity contribution in [1.82, 2.24) is 0 Å². The highest BCUT2D eigenvalue weighted by Crippen LogP contribution is 2.39. The van der Waals surface area contributed by atoms with Gasteiger partial charge in [-0.2, -0.15) is 0 Å². The van der Waals surface area contributed by atoms with Crippen LogP contribution in [0.1, 0.15) is 19.4 Å². The van der Waals surface area contributed by atoms with Crippen molar-refractivity contribution in [2.75, 3.05) is 6.61 Å². The van der Waals surface area contributed by atoms with Crippen LogP contribution in [0.4, 0.5) is 0 Å². The van der Waals surface area contributed by atoms with Gasteiger partial charge >= 0.3 is 0 Å². The van der Waals surface area contributed by atoms with Gasteiger partial charge in [-0.3, -0.25) is 0 Å². The molecule has 2 aliphatic heterocycles. The van der Waals surface area contributed by atoms with Gasteiger partial charge in [-0.25, -0.2) is 0 Å². The summed E-state index contributed by atoms with van der Waals surface area (Å²) in [5.41, 5.74) is 9.47. The molecule has 0 bridgehead atoms. The number of hydrogen-bond donors (Lipinski definition) is 1. The van der Waals surface area contributed by atoms with Gasteiger partial charge < -0.3 is 28.9 Å². The highest BCUT2D eigenvalue weighted by molar-refractivity contribution is 5.13. The van der Waals surface area contributed by atoms with E-state index in [9.17, 15) is 5.11 Å². The predicted molar refractivity (Wildman–Crippen MR) is 84.8 cm³/mol. The largest absolute Gasteiger partial charge is 0.424 e. The third-order valence-corrected chi connectivity index (χ3v) is 4.07. The molecule has 1 aromatic rings. The number of rotatable bonds is 6. The fourth-order valence-corrected chi connectivity index (χ4v) is 3.06. The summed E-state index contributed by atoms with van der Waals surface area (Å²) in [4.78, 5) is 7.70. The Morgan fingerprint density at radius 2 is 1.96 bits per heavy atom. The van der Waals surface area contributed by atoms with Crippen LogP contribution in [0.5, 0.6) is 0 Å². The molecule has 9 nitrogen and oxygen atoms in total. The Bertz CT molecular complexity index is 622. The molecular weight excluding hydrogens is 330 g/mol. The van der Waals surface area contributed by atoms with E-state index >= 15 is 0 Å². The first-order chi connectivity index (χ1) is 12.0. The Morgan fingerprint density at radius 3 is 2.64 bits per heavy atom. The summed E-state index contributed by atoms with van der Waals surface area (Å²) < 4.78 is 23.4. The van der Waals surface area contributed by atoms with E-state index in [4.69, 9.17) is 29.3 Å². The summed E-state index contributed by atoms with van der Waals surface area (Å²) in [6.45, 7) is 3.50. The second kappa shape index (κ2) is 7.57. The van der Waals surface area contributed by atoms with E-state index in [0.29, 0.717) is 6.61 Å². The molecule has 0 saturated carbocycles. The molecule has 2 heterocycles. The van der Waals surface area contributed by atoms with Crippen molar-refractivity contribution in [3.05, 3.63) is 46.3 Å². The molecular formula is C16H21N3O6. The molecule has 0 aliphatic carbocycles. The Balaban J connectivity index is 1.76. The first-order valence-electron chi connectivity index (χ1n) is 8.02. The van der Waals surface area contributed by atoms with Crippen LogP contribution in [0.2, 0.25) is 0 Å². The summed E-state index contributed by atoms with van der Waals surface area (Å²) in [6, 6.07) is 9.64. The predicted octanol–water partition coefficient (Wildman–Crippen LogP) is 2.05. The average molecular weight is 351 g/mol. The highest BCUT2D eigenvalue weighted by Gasteiger charge is 2.56. The van der Waals surface area contributed by atoms with Gasteiger partial charge in [0.25, 0.3) is 0 Å². The molecule has 25 heavy (non-hydrogen) atoms. The second-order valence-electron chi connectivity index (χ2n) is 6.33. The Hall–Kier alpha value is -1.87. The maximum atomic E-state index is 9.62. The number of fused-ring (bicyclic) bond motifs is 1. The van der Waals surface area contributed by atoms with Crippen molar-refractivity contribution in [3.63, 3.8) is 0 Å². The minimum Gasteiger partial charge on any atom is -0.424 e. The molecule has 2 aliphatic rings. The standard InChI is InChI=1S/C16H21N3O6/c1-16(2)23-13-12(25-19-18-17)11(8-20)22-15(14(13)24-16)21-9-10-6-4-3-5-7-10/h3-7,11-15,20H,8-9H2,1-2H3/t11-,12-,13+,14+,15+/m1/s1. The maximum absolute atomic E-state index is 9.62. The molecule has 136 valence electrons. The van der Waals surface area contributed by atoms with E-state index < -0.39 is 36.5 Å². The number of aliphatic hydroxyl groups is 1. The fourth-order valence-electron chi connectivity index (χ4n) is 3.06. The average Bonchev–Trinajstić information content (AvgIpc) is 2.94. The summed E-state index contributed by atoms with van der Waals surface area (Å²) in [7, 11) is 0. The number of ether oxygens (including phenoxy) is 4. The third-order valence-electron chi connectivity index (χ3n) is 4.07. The molecule has 3 rings (SSSR count). The number of hydrogen-bond acceptors (Lipinski definition) is 7. The summed E-state index contributed by atoms with van der Waals surface area (Å²) in [6.07, 6.45) is -3.52. The van der Waals surface area contributed by atoms with Crippen molar-refractivity contribution in [2.24, 2.45) is 5.28 Å². The van der Waals surface area contributed by atoms with Crippen molar-refractivity contribution >= 4 is 0 Å². The zero-order valence-electron chi connectivity index (χ0n) is 14.0. The molecule has 9 heteroatoms. The smallest absolute Gasteiger partial charge is 0.187 e. The second-order valence-corrected chi connectivity index (χ2v) is 6.33. The van der Waals surface area contributed by atoms with Gasteiger partial charge in [0.05, 0.1) is 13.2 Å². The maximum Gasteiger partial charge on any atom is 0.187 e. The molecule has 0 amide bonds. The van der Waals surface area contributed by atoms with Crippen LogP contribution in [0, 0.1) is 0 Å². The topological polar surface area (TPSA) is 115 Å². The van der Waals surface area contributed by atoms with Gasteiger partial charge in [-0.05, 0) is 24.9 Å². The monoisotopic (exact) mass is 351 g/mol. The SMILES string of the molecule is CC1(C)O[C@@H]2[C@H](O1)[C@@H](OCc1ccccc1)O[C@H](CO)[C@H]2ON=[N+]=[N-]. The minimum atomic E-state index is -0.880. The van der Waals surface area contributed by atoms with E-state index in [1.807, 2.05) is 30.3 Å². The lowest BCUT2D eigenvalue weighted by atomic mass is 9.99. The lowest BCUT2D eigenvalue weighted by molar-refractivity contribution is -0.290. The quantitative estimate of drug-likeness (QED) is 0.363. The third kappa shape index (κ3) is 4.04. The molecule has 2 fully saturated rings. The van der Waals surface area contributed by atoms with Crippen LogP contribution in [0.15, 0.2) is 35.6 Å². The Kier molecular flexibility index (Phi) is 5.43. The molecule has 0 radical (unpaired) electrons. The van der Waals surface area contributed by atoms with E-state index in [0.717, 1.165) is 5.56 Å². The van der Waals surface area contributed by atoms with Crippen LogP contribution in [-0.2, 0) is 30.4 Å². The summed E-state index contributed by atoms with van der Waals surface area (Å²) in [5, 5.41) is 12.8. The van der Waals surface area contributed by atoms with Crippen molar-refractivity contribution in [2.45, 2.75) is 56.9 Å². The van der Waals surface area contributed by atoms with Gasteiger partial charge in [-0.1, -0.05) is 30.3 Å². The number of nitrogens with zero attached hydrogens (tertiary/aromatic N) is 3. The van der Waals surface area contributed by atoms with Crippen LogP contribution in [0.3, 0.4) is 0 Å². The normalized spacial score (nSPS) is 33.3. The van der Waals surface area contributed by atoms with Gasteiger partial charge in [0, 0.05) is 4.91 Å². The number of aliphatic hydroxyl groups excluding tert-OH is 1.